The summed E-state index contributed by atoms with van der Waals surface area (Å²) in [5, 5.41) is 2.57. The molecule has 57 heavy (non-hydrogen) atoms. The molecule has 1 aliphatic carbocycles. The number of pyridine rings is 1. The number of para-hydroxylation sites is 3. The summed E-state index contributed by atoms with van der Waals surface area (Å²) in [5.74, 6) is 10.1. The van der Waals surface area contributed by atoms with Crippen molar-refractivity contribution in [1.29, 1.82) is 0 Å². The molecule has 0 unspecified atom stereocenters. The predicted octanol–water partition coefficient (Wildman–Crippen LogP) is 13.9. The van der Waals surface area contributed by atoms with Gasteiger partial charge in [0, 0.05) is 30.5 Å². The maximum Gasteiger partial charge on any atom is 0 e. The Labute approximate surface area is 359 Å². The van der Waals surface area contributed by atoms with Gasteiger partial charge in [-0.2, -0.15) is 11.3 Å². The van der Waals surface area contributed by atoms with Crippen molar-refractivity contribution in [2.45, 2.75) is 88.9 Å². The average Bonchev–Trinajstić information content (AvgIpc) is 3.95. The summed E-state index contributed by atoms with van der Waals surface area (Å²) in [7, 11) is 0. The second-order valence-electron chi connectivity index (χ2n) is 17.2. The van der Waals surface area contributed by atoms with Crippen molar-refractivity contribution < 1.29 is 20.1 Å². The molecule has 1 aliphatic rings. The van der Waals surface area contributed by atoms with Gasteiger partial charge in [-0.3, -0.25) is 4.98 Å². The number of hydrogen-bond acceptors (Lipinski definition) is 3. The van der Waals surface area contributed by atoms with E-state index in [4.69, 9.17) is 9.97 Å². The molecule has 9 rings (SSSR count). The first-order valence-electron chi connectivity index (χ1n) is 20.5. The number of rotatable bonds is 8. The second kappa shape index (κ2) is 17.5. The van der Waals surface area contributed by atoms with Gasteiger partial charge in [-0.05, 0) is 51.2 Å². The Kier molecular flexibility index (Phi) is 12.7. The van der Waals surface area contributed by atoms with Crippen molar-refractivity contribution in [2.75, 3.05) is 0 Å². The van der Waals surface area contributed by atoms with Gasteiger partial charge in [0.15, 0.2) is 0 Å². The van der Waals surface area contributed by atoms with E-state index in [9.17, 15) is 0 Å². The minimum Gasteiger partial charge on any atom is 0 e. The van der Waals surface area contributed by atoms with Crippen molar-refractivity contribution in [2.24, 2.45) is 5.92 Å². The van der Waals surface area contributed by atoms with Gasteiger partial charge in [-0.25, -0.2) is 0 Å². The monoisotopic (exact) mass is 1010 g/mol. The standard InChI is InChI=1S/C31H27N2S.C20H26GeN.Ir/c1-19(2)22-11-9-12-23(20(3)4)30(22)33-27-14-7-6-13-26(27)32-31(33)21-16-17-29-25(18-21)24-10-5-8-15-28(24)34-29;1-21(2,3)19-15-22-20(17-11-5-4-6-12-17)14-18(19)13-16-9-7-8-10-16;/h5-15,17-20H,1-4H3;4-6,11,14-16H,7-10,13H2,1-3H3;/q2*-1;. The summed E-state index contributed by atoms with van der Waals surface area (Å²) < 4.78 is 6.54. The topological polar surface area (TPSA) is 30.7 Å². The molecule has 1 radical (unpaired) electrons. The van der Waals surface area contributed by atoms with Crippen LogP contribution in [0.1, 0.15) is 81.9 Å². The third-order valence-electron chi connectivity index (χ3n) is 11.4. The van der Waals surface area contributed by atoms with Gasteiger partial charge in [0.25, 0.3) is 0 Å². The van der Waals surface area contributed by atoms with Crippen molar-refractivity contribution in [3.8, 4) is 28.3 Å². The van der Waals surface area contributed by atoms with Crippen LogP contribution in [0.15, 0.2) is 115 Å². The van der Waals surface area contributed by atoms with E-state index in [1.165, 1.54) is 69.1 Å². The smallest absolute Gasteiger partial charge is 0 e. The molecule has 0 N–H and O–H groups in total. The molecule has 0 saturated heterocycles. The molecule has 0 atom stereocenters. The number of hydrogen-bond donors (Lipinski definition) is 0. The van der Waals surface area contributed by atoms with Gasteiger partial charge in [0.05, 0.1) is 16.9 Å². The molecule has 3 aromatic heterocycles. The van der Waals surface area contributed by atoms with E-state index in [2.05, 4.69) is 165 Å². The fraction of sp³-hybridized carbons (Fsp3) is 0.294. The van der Waals surface area contributed by atoms with Crippen LogP contribution in [0.25, 0.3) is 59.5 Å². The van der Waals surface area contributed by atoms with Crippen LogP contribution < -0.4 is 4.40 Å². The Morgan fingerprint density at radius 3 is 2.16 bits per heavy atom. The molecule has 5 aromatic carbocycles. The average molecular weight is 1000 g/mol. The Morgan fingerprint density at radius 1 is 0.754 bits per heavy atom. The third kappa shape index (κ3) is 8.64. The molecule has 3 heterocycles. The maximum absolute atomic E-state index is 5.17. The van der Waals surface area contributed by atoms with E-state index in [-0.39, 0.29) is 20.1 Å². The molecule has 1 fully saturated rings. The van der Waals surface area contributed by atoms with Crippen LogP contribution in [0.5, 0.6) is 0 Å². The largest absolute Gasteiger partial charge is 0 e. The van der Waals surface area contributed by atoms with Crippen LogP contribution in [-0.2, 0) is 26.5 Å². The normalized spacial score (nSPS) is 13.4. The summed E-state index contributed by atoms with van der Waals surface area (Å²) in [5.41, 5.74) is 10.9. The molecular weight excluding hydrogens is 951 g/mol. The first-order valence-corrected chi connectivity index (χ1v) is 28.6. The number of imidazole rings is 1. The van der Waals surface area contributed by atoms with Gasteiger partial charge in [-0.15, -0.1) is 23.8 Å². The number of thiophene rings is 1. The zero-order valence-corrected chi connectivity index (χ0v) is 39.6. The summed E-state index contributed by atoms with van der Waals surface area (Å²) >= 11 is -0.0456. The molecule has 1 saturated carbocycles. The zero-order chi connectivity index (χ0) is 39.0. The summed E-state index contributed by atoms with van der Waals surface area (Å²) in [6.45, 7) is 9.10. The van der Waals surface area contributed by atoms with Crippen LogP contribution in [0, 0.1) is 18.1 Å². The fourth-order valence-corrected chi connectivity index (χ4v) is 13.0. The number of aromatic nitrogens is 3. The number of benzene rings is 5. The first kappa shape index (κ1) is 41.3. The summed E-state index contributed by atoms with van der Waals surface area (Å²) in [6, 6.07) is 45.7. The van der Waals surface area contributed by atoms with Crippen LogP contribution in [0.4, 0.5) is 0 Å². The Bertz CT molecular complexity index is 2600. The van der Waals surface area contributed by atoms with Gasteiger partial charge in [0.1, 0.15) is 0 Å². The van der Waals surface area contributed by atoms with Crippen molar-refractivity contribution in [3.63, 3.8) is 0 Å². The van der Waals surface area contributed by atoms with Crippen LogP contribution >= 0.6 is 11.3 Å². The van der Waals surface area contributed by atoms with Crippen LogP contribution in [0.2, 0.25) is 17.3 Å². The van der Waals surface area contributed by atoms with E-state index in [0.29, 0.717) is 11.8 Å². The van der Waals surface area contributed by atoms with Gasteiger partial charge in [0.2, 0.25) is 0 Å². The van der Waals surface area contributed by atoms with E-state index in [0.717, 1.165) is 39.6 Å². The zero-order valence-electron chi connectivity index (χ0n) is 34.3. The number of nitrogens with zero attached hydrogens (tertiary/aromatic N) is 3. The van der Waals surface area contributed by atoms with Crippen molar-refractivity contribution in [3.05, 3.63) is 144 Å². The molecule has 0 aliphatic heterocycles. The van der Waals surface area contributed by atoms with Crippen molar-refractivity contribution >= 4 is 60.2 Å². The molecule has 3 nitrogen and oxygen atoms in total. The molecule has 0 spiro atoms. The van der Waals surface area contributed by atoms with Gasteiger partial charge >= 0.3 is 137 Å². The molecule has 6 heteroatoms. The molecule has 8 aromatic rings. The minimum absolute atomic E-state index is 0. The van der Waals surface area contributed by atoms with Gasteiger partial charge < -0.3 is 4.57 Å². The van der Waals surface area contributed by atoms with Crippen molar-refractivity contribution in [1.82, 2.24) is 14.5 Å². The fourth-order valence-electron chi connectivity index (χ4n) is 8.57. The summed E-state index contributed by atoms with van der Waals surface area (Å²) in [4.78, 5) is 9.93. The molecule has 293 valence electrons. The predicted molar refractivity (Wildman–Crippen MR) is 244 cm³/mol. The van der Waals surface area contributed by atoms with Crippen LogP contribution in [0.3, 0.4) is 0 Å². The Hall–Kier alpha value is -3.87. The second-order valence-corrected chi connectivity index (χ2v) is 28.8. The minimum atomic E-state index is -1.87. The van der Waals surface area contributed by atoms with Gasteiger partial charge in [-0.1, -0.05) is 81.6 Å². The first-order chi connectivity index (χ1) is 27.1. The quantitative estimate of drug-likeness (QED) is 0.112. The Morgan fingerprint density at radius 2 is 1.46 bits per heavy atom. The SMILES string of the molecule is CC(C)c1cccc(C(C)C)c1-n1c(-c2[c-]cc3sc4ccccc4c3c2)nc2ccccc21.[CH3][Ge]([CH3])([CH3])[c]1cnc(-c2[c-]cccc2)cc1CC1CCCC1.[Ir]. The van der Waals surface area contributed by atoms with Crippen LogP contribution in [-0.4, -0.2) is 27.8 Å². The van der Waals surface area contributed by atoms with E-state index in [1.54, 1.807) is 9.96 Å². The molecule has 0 amide bonds. The molecular formula is C51H53GeIrN3S-2. The Balaban J connectivity index is 0.000000188. The number of fused-ring (bicyclic) bond motifs is 4. The maximum atomic E-state index is 5.17. The van der Waals surface area contributed by atoms with E-state index >= 15 is 0 Å². The van der Waals surface area contributed by atoms with E-state index < -0.39 is 13.3 Å². The molecule has 0 bridgehead atoms. The third-order valence-corrected chi connectivity index (χ3v) is 16.9. The van der Waals surface area contributed by atoms with E-state index in [1.807, 2.05) is 23.5 Å². The summed E-state index contributed by atoms with van der Waals surface area (Å²) in [6.07, 6.45) is 9.08.